The fraction of sp³-hybridized carbons (Fsp3) is 0.400. The summed E-state index contributed by atoms with van der Waals surface area (Å²) in [6.07, 6.45) is 0.678. The van der Waals surface area contributed by atoms with E-state index in [4.69, 9.17) is 4.74 Å². The van der Waals surface area contributed by atoms with Crippen molar-refractivity contribution in [3.63, 3.8) is 0 Å². The lowest BCUT2D eigenvalue weighted by atomic mass is 10.3. The maximum absolute atomic E-state index is 13.3. The topological polar surface area (TPSA) is 55.4 Å². The van der Waals surface area contributed by atoms with Gasteiger partial charge in [0.25, 0.3) is 0 Å². The molecule has 1 rings (SSSR count). The van der Waals surface area contributed by atoms with Crippen LogP contribution in [0.1, 0.15) is 13.3 Å². The summed E-state index contributed by atoms with van der Waals surface area (Å²) in [7, 11) is -2.29. The van der Waals surface area contributed by atoms with E-state index in [9.17, 15) is 12.8 Å². The van der Waals surface area contributed by atoms with Crippen molar-refractivity contribution in [3.8, 4) is 5.75 Å². The van der Waals surface area contributed by atoms with Gasteiger partial charge in [0, 0.05) is 6.54 Å². The molecule has 0 amide bonds. The van der Waals surface area contributed by atoms with Gasteiger partial charge in [0.1, 0.15) is 0 Å². The smallest absolute Gasteiger partial charge is 0.240 e. The number of halogens is 1. The van der Waals surface area contributed by atoms with E-state index in [2.05, 4.69) is 4.72 Å². The van der Waals surface area contributed by atoms with Gasteiger partial charge in [-0.25, -0.2) is 17.5 Å². The molecule has 0 atom stereocenters. The zero-order valence-corrected chi connectivity index (χ0v) is 9.97. The molecule has 0 radical (unpaired) electrons. The van der Waals surface area contributed by atoms with Gasteiger partial charge in [0.2, 0.25) is 10.0 Å². The van der Waals surface area contributed by atoms with Crippen LogP contribution in [0.2, 0.25) is 0 Å². The highest BCUT2D eigenvalue weighted by Gasteiger charge is 2.15. The number of benzene rings is 1. The van der Waals surface area contributed by atoms with Gasteiger partial charge in [-0.15, -0.1) is 0 Å². The zero-order chi connectivity index (χ0) is 12.2. The van der Waals surface area contributed by atoms with Crippen LogP contribution >= 0.6 is 0 Å². The summed E-state index contributed by atoms with van der Waals surface area (Å²) in [6, 6.07) is 3.53. The summed E-state index contributed by atoms with van der Waals surface area (Å²) in [5.41, 5.74) is 0. The van der Waals surface area contributed by atoms with E-state index < -0.39 is 15.8 Å². The molecular weight excluding hydrogens is 233 g/mol. The molecule has 1 aromatic rings. The molecule has 16 heavy (non-hydrogen) atoms. The number of ether oxygens (including phenoxy) is 1. The minimum atomic E-state index is -3.62. The molecule has 6 heteroatoms. The largest absolute Gasteiger partial charge is 0.494 e. The first-order valence-corrected chi connectivity index (χ1v) is 6.32. The number of sulfonamides is 1. The van der Waals surface area contributed by atoms with Crippen LogP contribution in [0.3, 0.4) is 0 Å². The third-order valence-corrected chi connectivity index (χ3v) is 3.43. The second-order valence-electron chi connectivity index (χ2n) is 3.19. The van der Waals surface area contributed by atoms with Crippen LogP contribution in [0.5, 0.6) is 5.75 Å². The highest BCUT2D eigenvalue weighted by atomic mass is 32.2. The van der Waals surface area contributed by atoms with E-state index in [1.807, 2.05) is 6.92 Å². The van der Waals surface area contributed by atoms with Crippen LogP contribution in [0.4, 0.5) is 4.39 Å². The predicted molar refractivity (Wildman–Crippen MR) is 58.4 cm³/mol. The van der Waals surface area contributed by atoms with Crippen molar-refractivity contribution >= 4 is 10.0 Å². The molecule has 1 aromatic carbocycles. The lowest BCUT2D eigenvalue weighted by Gasteiger charge is -2.07. The Bertz CT molecular complexity index is 459. The lowest BCUT2D eigenvalue weighted by molar-refractivity contribution is 0.385. The van der Waals surface area contributed by atoms with Crippen molar-refractivity contribution in [1.82, 2.24) is 4.72 Å². The summed E-state index contributed by atoms with van der Waals surface area (Å²) in [5.74, 6) is -0.670. The molecule has 90 valence electrons. The Morgan fingerprint density at radius 1 is 1.44 bits per heavy atom. The first kappa shape index (κ1) is 12.9. The van der Waals surface area contributed by atoms with Crippen molar-refractivity contribution in [2.24, 2.45) is 0 Å². The van der Waals surface area contributed by atoms with E-state index in [0.29, 0.717) is 13.0 Å². The fourth-order valence-electron chi connectivity index (χ4n) is 1.13. The third kappa shape index (κ3) is 2.93. The molecule has 0 aliphatic heterocycles. The van der Waals surface area contributed by atoms with E-state index >= 15 is 0 Å². The summed E-state index contributed by atoms with van der Waals surface area (Å²) in [4.78, 5) is -0.0979. The molecule has 0 heterocycles. The summed E-state index contributed by atoms with van der Waals surface area (Å²) >= 11 is 0. The van der Waals surface area contributed by atoms with Crippen molar-refractivity contribution < 1.29 is 17.5 Å². The molecule has 0 saturated heterocycles. The molecule has 0 aliphatic carbocycles. The molecule has 0 unspecified atom stereocenters. The van der Waals surface area contributed by atoms with Gasteiger partial charge in [-0.05, 0) is 24.6 Å². The number of rotatable bonds is 5. The Labute approximate surface area is 94.5 Å². The van der Waals surface area contributed by atoms with E-state index in [1.165, 1.54) is 19.2 Å². The van der Waals surface area contributed by atoms with E-state index in [-0.39, 0.29) is 10.6 Å². The van der Waals surface area contributed by atoms with E-state index in [0.717, 1.165) is 6.07 Å². The number of methoxy groups -OCH3 is 1. The highest BCUT2D eigenvalue weighted by Crippen LogP contribution is 2.20. The number of hydrogen-bond donors (Lipinski definition) is 1. The van der Waals surface area contributed by atoms with Crippen LogP contribution in [-0.2, 0) is 10.0 Å². The minimum absolute atomic E-state index is 0.0226. The van der Waals surface area contributed by atoms with Gasteiger partial charge in [-0.3, -0.25) is 0 Å². The molecule has 0 aliphatic rings. The first-order chi connectivity index (χ1) is 7.51. The fourth-order valence-corrected chi connectivity index (χ4v) is 2.28. The Hall–Kier alpha value is -1.14. The molecule has 0 saturated carbocycles. The molecule has 0 bridgehead atoms. The minimum Gasteiger partial charge on any atom is -0.494 e. The summed E-state index contributed by atoms with van der Waals surface area (Å²) in [5, 5.41) is 0. The van der Waals surface area contributed by atoms with Gasteiger partial charge >= 0.3 is 0 Å². The Kier molecular flexibility index (Phi) is 4.26. The zero-order valence-electron chi connectivity index (χ0n) is 9.16. The van der Waals surface area contributed by atoms with Crippen molar-refractivity contribution in [2.45, 2.75) is 18.2 Å². The van der Waals surface area contributed by atoms with Gasteiger partial charge in [-0.2, -0.15) is 0 Å². The van der Waals surface area contributed by atoms with Crippen LogP contribution in [0, 0.1) is 5.82 Å². The summed E-state index contributed by atoms with van der Waals surface area (Å²) in [6.45, 7) is 2.17. The van der Waals surface area contributed by atoms with Crippen molar-refractivity contribution in [3.05, 3.63) is 24.0 Å². The molecule has 0 fully saturated rings. The van der Waals surface area contributed by atoms with Gasteiger partial charge in [0.05, 0.1) is 12.0 Å². The summed E-state index contributed by atoms with van der Waals surface area (Å²) < 4.78 is 43.6. The van der Waals surface area contributed by atoms with Crippen LogP contribution in [0.25, 0.3) is 0 Å². The van der Waals surface area contributed by atoms with Gasteiger partial charge in [-0.1, -0.05) is 6.92 Å². The average Bonchev–Trinajstić information content (AvgIpc) is 2.26. The van der Waals surface area contributed by atoms with E-state index in [1.54, 1.807) is 0 Å². The van der Waals surface area contributed by atoms with Crippen molar-refractivity contribution in [2.75, 3.05) is 13.7 Å². The van der Waals surface area contributed by atoms with Crippen molar-refractivity contribution in [1.29, 1.82) is 0 Å². The van der Waals surface area contributed by atoms with Gasteiger partial charge in [0.15, 0.2) is 11.6 Å². The number of hydrogen-bond acceptors (Lipinski definition) is 3. The predicted octanol–water partition coefficient (Wildman–Crippen LogP) is 1.52. The maximum atomic E-state index is 13.3. The molecule has 0 spiro atoms. The molecule has 1 N–H and O–H groups in total. The number of nitrogens with one attached hydrogen (secondary N) is 1. The average molecular weight is 247 g/mol. The lowest BCUT2D eigenvalue weighted by Crippen LogP contribution is -2.24. The SMILES string of the molecule is CCCNS(=O)(=O)c1ccc(OC)c(F)c1. The second-order valence-corrected chi connectivity index (χ2v) is 4.96. The molecular formula is C10H14FNO3S. The Balaban J connectivity index is 3.01. The van der Waals surface area contributed by atoms with Crippen LogP contribution in [-0.4, -0.2) is 22.1 Å². The monoisotopic (exact) mass is 247 g/mol. The van der Waals surface area contributed by atoms with Gasteiger partial charge < -0.3 is 4.74 Å². The first-order valence-electron chi connectivity index (χ1n) is 4.84. The molecule has 4 nitrogen and oxygen atoms in total. The highest BCUT2D eigenvalue weighted by molar-refractivity contribution is 7.89. The molecule has 0 aromatic heterocycles. The Morgan fingerprint density at radius 2 is 2.12 bits per heavy atom. The second kappa shape index (κ2) is 5.27. The third-order valence-electron chi connectivity index (χ3n) is 1.98. The van der Waals surface area contributed by atoms with Crippen LogP contribution < -0.4 is 9.46 Å². The van der Waals surface area contributed by atoms with Crippen LogP contribution in [0.15, 0.2) is 23.1 Å². The maximum Gasteiger partial charge on any atom is 0.240 e. The standard InChI is InChI=1S/C10H14FNO3S/c1-3-6-12-16(13,14)8-4-5-10(15-2)9(11)7-8/h4-5,7,12H,3,6H2,1-2H3. The normalized spacial score (nSPS) is 11.4. The Morgan fingerprint density at radius 3 is 2.62 bits per heavy atom. The quantitative estimate of drug-likeness (QED) is 0.858.